The molecule has 7 nitrogen and oxygen atoms in total. The van der Waals surface area contributed by atoms with Crippen LogP contribution in [0.2, 0.25) is 10.0 Å². The van der Waals surface area contributed by atoms with Crippen molar-refractivity contribution in [2.24, 2.45) is 5.84 Å². The normalized spacial score (nSPS) is 10.2. The molecule has 0 aliphatic heterocycles. The highest BCUT2D eigenvalue weighted by Gasteiger charge is 2.13. The number of nitrogen functional groups attached to an aromatic ring is 1. The van der Waals surface area contributed by atoms with E-state index < -0.39 is 4.92 Å². The molecule has 0 fully saturated rings. The van der Waals surface area contributed by atoms with Crippen LogP contribution in [0.3, 0.4) is 0 Å². The third-order valence-corrected chi connectivity index (χ3v) is 2.80. The number of pyridine rings is 1. The standard InChI is InChI=1S/C11H8Cl2N4O3/c12-6-1-2-8(13)9(3-6)20-11-5-7(17(18)19)4-10(15-11)16-14/h1-5H,14H2,(H,15,16). The predicted octanol–water partition coefficient (Wildman–Crippen LogP) is 3.37. The Morgan fingerprint density at radius 2 is 2.05 bits per heavy atom. The van der Waals surface area contributed by atoms with Crippen molar-refractivity contribution in [3.8, 4) is 11.6 Å². The summed E-state index contributed by atoms with van der Waals surface area (Å²) in [5.74, 6) is 5.49. The van der Waals surface area contributed by atoms with Gasteiger partial charge in [0.15, 0.2) is 5.82 Å². The Hall–Kier alpha value is -2.09. The number of hydrazine groups is 1. The van der Waals surface area contributed by atoms with Gasteiger partial charge in [-0.05, 0) is 12.1 Å². The number of nitrogens with two attached hydrogens (primary N) is 1. The molecule has 0 amide bonds. The highest BCUT2D eigenvalue weighted by atomic mass is 35.5. The second kappa shape index (κ2) is 5.91. The van der Waals surface area contributed by atoms with Crippen LogP contribution in [-0.4, -0.2) is 9.91 Å². The fourth-order valence-corrected chi connectivity index (χ4v) is 1.71. The van der Waals surface area contributed by atoms with Gasteiger partial charge in [0, 0.05) is 11.1 Å². The molecular formula is C11H8Cl2N4O3. The molecule has 0 radical (unpaired) electrons. The first-order chi connectivity index (χ1) is 9.49. The lowest BCUT2D eigenvalue weighted by Crippen LogP contribution is -2.09. The van der Waals surface area contributed by atoms with Gasteiger partial charge >= 0.3 is 0 Å². The SMILES string of the molecule is NNc1cc([N+](=O)[O-])cc(Oc2cc(Cl)ccc2Cl)n1. The molecule has 0 aliphatic carbocycles. The minimum Gasteiger partial charge on any atom is -0.437 e. The van der Waals surface area contributed by atoms with Crippen molar-refractivity contribution in [1.29, 1.82) is 0 Å². The van der Waals surface area contributed by atoms with Gasteiger partial charge in [-0.3, -0.25) is 10.1 Å². The lowest BCUT2D eigenvalue weighted by atomic mass is 10.3. The first kappa shape index (κ1) is 14.3. The highest BCUT2D eigenvalue weighted by molar-refractivity contribution is 6.34. The number of anilines is 1. The van der Waals surface area contributed by atoms with E-state index in [-0.39, 0.29) is 23.1 Å². The van der Waals surface area contributed by atoms with Crippen molar-refractivity contribution in [2.75, 3.05) is 5.43 Å². The summed E-state index contributed by atoms with van der Waals surface area (Å²) >= 11 is 11.8. The minimum absolute atomic E-state index is 0.0312. The zero-order chi connectivity index (χ0) is 14.7. The maximum absolute atomic E-state index is 10.8. The van der Waals surface area contributed by atoms with E-state index >= 15 is 0 Å². The van der Waals surface area contributed by atoms with Crippen molar-refractivity contribution in [1.82, 2.24) is 4.98 Å². The fourth-order valence-electron chi connectivity index (χ4n) is 1.39. The maximum Gasteiger partial charge on any atom is 0.278 e. The molecule has 2 rings (SSSR count). The summed E-state index contributed by atoms with van der Waals surface area (Å²) in [7, 11) is 0. The third-order valence-electron chi connectivity index (χ3n) is 2.25. The number of hydrogen-bond acceptors (Lipinski definition) is 6. The van der Waals surface area contributed by atoms with Crippen molar-refractivity contribution >= 4 is 34.7 Å². The number of nitrogens with zero attached hydrogens (tertiary/aromatic N) is 2. The minimum atomic E-state index is -0.588. The molecule has 20 heavy (non-hydrogen) atoms. The average molecular weight is 315 g/mol. The summed E-state index contributed by atoms with van der Waals surface area (Å²) < 4.78 is 5.40. The van der Waals surface area contributed by atoms with Crippen LogP contribution >= 0.6 is 23.2 Å². The Bertz CT molecular complexity index is 666. The molecule has 2 aromatic rings. The molecule has 0 saturated heterocycles. The Balaban J connectivity index is 2.39. The monoisotopic (exact) mass is 314 g/mol. The van der Waals surface area contributed by atoms with E-state index in [1.54, 1.807) is 12.1 Å². The molecule has 0 atom stereocenters. The van der Waals surface area contributed by atoms with Crippen LogP contribution in [0.4, 0.5) is 11.5 Å². The van der Waals surface area contributed by atoms with Crippen molar-refractivity contribution in [3.05, 3.63) is 50.5 Å². The molecule has 1 aromatic heterocycles. The lowest BCUT2D eigenvalue weighted by Gasteiger charge is -2.08. The molecule has 9 heteroatoms. The number of benzene rings is 1. The van der Waals surface area contributed by atoms with E-state index in [1.807, 2.05) is 0 Å². The second-order valence-electron chi connectivity index (χ2n) is 3.63. The molecule has 104 valence electrons. The maximum atomic E-state index is 10.8. The number of rotatable bonds is 4. The molecule has 1 aromatic carbocycles. The average Bonchev–Trinajstić information content (AvgIpc) is 2.42. The van der Waals surface area contributed by atoms with Crippen LogP contribution in [0, 0.1) is 10.1 Å². The Morgan fingerprint density at radius 3 is 2.70 bits per heavy atom. The molecule has 0 aliphatic rings. The number of nitrogens with one attached hydrogen (secondary N) is 1. The van der Waals surface area contributed by atoms with Gasteiger partial charge in [0.1, 0.15) is 5.75 Å². The molecule has 0 saturated carbocycles. The quantitative estimate of drug-likeness (QED) is 0.509. The number of hydrogen-bond donors (Lipinski definition) is 2. The van der Waals surface area contributed by atoms with Gasteiger partial charge in [-0.1, -0.05) is 23.2 Å². The van der Waals surface area contributed by atoms with E-state index in [2.05, 4.69) is 10.4 Å². The van der Waals surface area contributed by atoms with Crippen LogP contribution in [-0.2, 0) is 0 Å². The number of halogens is 2. The van der Waals surface area contributed by atoms with Crippen molar-refractivity contribution < 1.29 is 9.66 Å². The van der Waals surface area contributed by atoms with Gasteiger partial charge in [0.05, 0.1) is 22.1 Å². The highest BCUT2D eigenvalue weighted by Crippen LogP contribution is 2.32. The van der Waals surface area contributed by atoms with E-state index in [0.29, 0.717) is 10.0 Å². The van der Waals surface area contributed by atoms with Gasteiger partial charge in [0.2, 0.25) is 5.88 Å². The first-order valence-electron chi connectivity index (χ1n) is 5.25. The van der Waals surface area contributed by atoms with E-state index in [1.165, 1.54) is 12.1 Å². The largest absolute Gasteiger partial charge is 0.437 e. The summed E-state index contributed by atoms with van der Waals surface area (Å²) in [4.78, 5) is 14.1. The number of ether oxygens (including phenoxy) is 1. The van der Waals surface area contributed by atoms with Crippen LogP contribution < -0.4 is 16.0 Å². The van der Waals surface area contributed by atoms with E-state index in [9.17, 15) is 10.1 Å². The Labute approximate surface area is 123 Å². The van der Waals surface area contributed by atoms with Gasteiger partial charge in [-0.2, -0.15) is 4.98 Å². The summed E-state index contributed by atoms with van der Waals surface area (Å²) in [6, 6.07) is 6.92. The van der Waals surface area contributed by atoms with Gasteiger partial charge in [0.25, 0.3) is 5.69 Å². The molecule has 0 bridgehead atoms. The topological polar surface area (TPSA) is 103 Å². The number of aromatic nitrogens is 1. The molecule has 0 unspecified atom stereocenters. The molecule has 1 heterocycles. The summed E-state index contributed by atoms with van der Waals surface area (Å²) in [5.41, 5.74) is 2.00. The first-order valence-corrected chi connectivity index (χ1v) is 6.01. The second-order valence-corrected chi connectivity index (χ2v) is 4.47. The number of nitro groups is 1. The zero-order valence-electron chi connectivity index (χ0n) is 9.84. The van der Waals surface area contributed by atoms with E-state index in [0.717, 1.165) is 6.07 Å². The summed E-state index contributed by atoms with van der Waals surface area (Å²) in [6.07, 6.45) is 0. The smallest absolute Gasteiger partial charge is 0.278 e. The Morgan fingerprint density at radius 1 is 1.30 bits per heavy atom. The van der Waals surface area contributed by atoms with Crippen LogP contribution in [0.1, 0.15) is 0 Å². The molecular weight excluding hydrogens is 307 g/mol. The van der Waals surface area contributed by atoms with Crippen molar-refractivity contribution in [3.63, 3.8) is 0 Å². The third kappa shape index (κ3) is 3.27. The van der Waals surface area contributed by atoms with E-state index in [4.69, 9.17) is 33.8 Å². The predicted molar refractivity (Wildman–Crippen MR) is 75.2 cm³/mol. The Kier molecular flexibility index (Phi) is 4.23. The molecule has 0 spiro atoms. The molecule has 3 N–H and O–H groups in total. The lowest BCUT2D eigenvalue weighted by molar-refractivity contribution is -0.384. The van der Waals surface area contributed by atoms with Crippen LogP contribution in [0.5, 0.6) is 11.6 Å². The van der Waals surface area contributed by atoms with Crippen LogP contribution in [0.15, 0.2) is 30.3 Å². The van der Waals surface area contributed by atoms with Gasteiger partial charge in [-0.15, -0.1) is 0 Å². The fraction of sp³-hybridized carbons (Fsp3) is 0. The summed E-state index contributed by atoms with van der Waals surface area (Å²) in [6.45, 7) is 0. The van der Waals surface area contributed by atoms with Gasteiger partial charge < -0.3 is 10.2 Å². The van der Waals surface area contributed by atoms with Crippen LogP contribution in [0.25, 0.3) is 0 Å². The van der Waals surface area contributed by atoms with Gasteiger partial charge in [-0.25, -0.2) is 5.84 Å². The summed E-state index contributed by atoms with van der Waals surface area (Å²) in [5, 5.41) is 11.5. The zero-order valence-corrected chi connectivity index (χ0v) is 11.4. The van der Waals surface area contributed by atoms with Crippen molar-refractivity contribution in [2.45, 2.75) is 0 Å².